The summed E-state index contributed by atoms with van der Waals surface area (Å²) in [4.78, 5) is 28.7. The Bertz CT molecular complexity index is 1490. The minimum atomic E-state index is -4.25. The van der Waals surface area contributed by atoms with Gasteiger partial charge in [-0.1, -0.05) is 61.4 Å². The Kier molecular flexibility index (Phi) is 11.0. The van der Waals surface area contributed by atoms with Crippen LogP contribution in [0.15, 0.2) is 71.6 Å². The number of anilines is 1. The van der Waals surface area contributed by atoms with Gasteiger partial charge in [-0.15, -0.1) is 0 Å². The summed E-state index contributed by atoms with van der Waals surface area (Å²) in [6.45, 7) is 9.40. The number of benzene rings is 3. The zero-order chi connectivity index (χ0) is 31.0. The molecule has 3 rings (SSSR count). The van der Waals surface area contributed by atoms with Crippen molar-refractivity contribution in [3.05, 3.63) is 83.4 Å². The first-order chi connectivity index (χ1) is 19.9. The molecule has 1 N–H and O–H groups in total. The molecule has 9 nitrogen and oxygen atoms in total. The van der Waals surface area contributed by atoms with E-state index in [1.54, 1.807) is 31.2 Å². The van der Waals surface area contributed by atoms with Gasteiger partial charge in [-0.3, -0.25) is 13.9 Å². The fraction of sp³-hybridized carbons (Fsp3) is 0.375. The standard InChI is InChI=1S/C32H41N3O6S/c1-22(2)19-33-32(37)25(5)34(20-26-10-8-9-24(4)17-26)31(36)21-35(29-18-27(40-6)13-16-30(29)41-7)42(38,39)28-14-11-23(3)12-15-28/h8-18,22,25H,19-21H2,1-7H3,(H,33,37)/t25-/m1/s1. The van der Waals surface area contributed by atoms with Crippen LogP contribution in [0.3, 0.4) is 0 Å². The maximum Gasteiger partial charge on any atom is 0.264 e. The van der Waals surface area contributed by atoms with E-state index >= 15 is 0 Å². The number of nitrogens with one attached hydrogen (secondary N) is 1. The molecule has 0 heterocycles. The van der Waals surface area contributed by atoms with Gasteiger partial charge in [0.25, 0.3) is 10.0 Å². The largest absolute Gasteiger partial charge is 0.497 e. The summed E-state index contributed by atoms with van der Waals surface area (Å²) in [6.07, 6.45) is 0. The van der Waals surface area contributed by atoms with Crippen molar-refractivity contribution in [2.24, 2.45) is 5.92 Å². The summed E-state index contributed by atoms with van der Waals surface area (Å²) in [5, 5.41) is 2.89. The van der Waals surface area contributed by atoms with E-state index in [9.17, 15) is 18.0 Å². The van der Waals surface area contributed by atoms with Crippen molar-refractivity contribution in [2.75, 3.05) is 31.6 Å². The molecule has 42 heavy (non-hydrogen) atoms. The van der Waals surface area contributed by atoms with Crippen LogP contribution in [0.25, 0.3) is 0 Å². The second-order valence-electron chi connectivity index (χ2n) is 10.7. The molecule has 10 heteroatoms. The van der Waals surface area contributed by atoms with Crippen LogP contribution in [0.4, 0.5) is 5.69 Å². The predicted molar refractivity (Wildman–Crippen MR) is 164 cm³/mol. The monoisotopic (exact) mass is 595 g/mol. The normalized spacial score (nSPS) is 12.0. The number of methoxy groups -OCH3 is 2. The van der Waals surface area contributed by atoms with Gasteiger partial charge in [-0.25, -0.2) is 8.42 Å². The number of nitrogens with zero attached hydrogens (tertiary/aromatic N) is 2. The van der Waals surface area contributed by atoms with E-state index in [0.717, 1.165) is 21.0 Å². The molecule has 1 atom stereocenters. The highest BCUT2D eigenvalue weighted by atomic mass is 32.2. The van der Waals surface area contributed by atoms with E-state index in [1.165, 1.54) is 37.3 Å². The molecule has 0 fully saturated rings. The highest BCUT2D eigenvalue weighted by Crippen LogP contribution is 2.36. The summed E-state index contributed by atoms with van der Waals surface area (Å²) in [6, 6.07) is 17.9. The van der Waals surface area contributed by atoms with E-state index in [1.807, 2.05) is 52.0 Å². The van der Waals surface area contributed by atoms with Crippen molar-refractivity contribution in [3.63, 3.8) is 0 Å². The lowest BCUT2D eigenvalue weighted by Gasteiger charge is -2.32. The van der Waals surface area contributed by atoms with Crippen molar-refractivity contribution in [1.29, 1.82) is 0 Å². The molecule has 0 radical (unpaired) electrons. The number of hydrogen-bond donors (Lipinski definition) is 1. The lowest BCUT2D eigenvalue weighted by Crippen LogP contribution is -2.51. The summed E-state index contributed by atoms with van der Waals surface area (Å²) in [5.41, 5.74) is 2.85. The second-order valence-corrected chi connectivity index (χ2v) is 12.6. The maximum absolute atomic E-state index is 14.2. The van der Waals surface area contributed by atoms with Gasteiger partial charge in [0.15, 0.2) is 0 Å². The zero-order valence-corrected chi connectivity index (χ0v) is 26.2. The highest BCUT2D eigenvalue weighted by Gasteiger charge is 2.34. The van der Waals surface area contributed by atoms with Crippen LogP contribution in [0, 0.1) is 19.8 Å². The maximum atomic E-state index is 14.2. The van der Waals surface area contributed by atoms with Gasteiger partial charge in [-0.2, -0.15) is 0 Å². The molecular weight excluding hydrogens is 554 g/mol. The number of rotatable bonds is 13. The van der Waals surface area contributed by atoms with Gasteiger partial charge in [0, 0.05) is 19.2 Å². The predicted octanol–water partition coefficient (Wildman–Crippen LogP) is 4.71. The molecular formula is C32H41N3O6S. The van der Waals surface area contributed by atoms with Gasteiger partial charge in [0.05, 0.1) is 24.8 Å². The number of amides is 2. The van der Waals surface area contributed by atoms with Gasteiger partial charge in [0.2, 0.25) is 11.8 Å². The van der Waals surface area contributed by atoms with E-state index in [-0.39, 0.29) is 34.7 Å². The Labute approximate surface area is 249 Å². The fourth-order valence-corrected chi connectivity index (χ4v) is 5.80. The van der Waals surface area contributed by atoms with Crippen molar-refractivity contribution in [2.45, 2.75) is 52.1 Å². The van der Waals surface area contributed by atoms with Crippen LogP contribution in [0.2, 0.25) is 0 Å². The van der Waals surface area contributed by atoms with Crippen LogP contribution in [-0.2, 0) is 26.2 Å². The third-order valence-corrected chi connectivity index (χ3v) is 8.60. The molecule has 0 saturated heterocycles. The summed E-state index contributed by atoms with van der Waals surface area (Å²) in [5.74, 6) is -0.0220. The van der Waals surface area contributed by atoms with Crippen LogP contribution >= 0.6 is 0 Å². The Morgan fingerprint density at radius 1 is 0.881 bits per heavy atom. The Morgan fingerprint density at radius 2 is 1.57 bits per heavy atom. The lowest BCUT2D eigenvalue weighted by atomic mass is 10.1. The Balaban J connectivity index is 2.11. The van der Waals surface area contributed by atoms with E-state index in [0.29, 0.717) is 12.3 Å². The molecule has 0 spiro atoms. The van der Waals surface area contributed by atoms with E-state index in [4.69, 9.17) is 9.47 Å². The first kappa shape index (κ1) is 32.5. The van der Waals surface area contributed by atoms with Gasteiger partial charge in [0.1, 0.15) is 24.1 Å². The van der Waals surface area contributed by atoms with E-state index < -0.39 is 28.5 Å². The smallest absolute Gasteiger partial charge is 0.264 e. The van der Waals surface area contributed by atoms with Crippen molar-refractivity contribution < 1.29 is 27.5 Å². The fourth-order valence-electron chi connectivity index (χ4n) is 4.38. The minimum Gasteiger partial charge on any atom is -0.497 e. The molecule has 0 bridgehead atoms. The molecule has 0 saturated carbocycles. The zero-order valence-electron chi connectivity index (χ0n) is 25.4. The van der Waals surface area contributed by atoms with Crippen molar-refractivity contribution in [3.8, 4) is 11.5 Å². The van der Waals surface area contributed by atoms with Crippen molar-refractivity contribution >= 4 is 27.5 Å². The number of carbonyl (C=O) groups is 2. The molecule has 2 amide bonds. The van der Waals surface area contributed by atoms with Gasteiger partial charge in [-0.05, 0) is 56.5 Å². The molecule has 0 aliphatic rings. The molecule has 0 unspecified atom stereocenters. The number of ether oxygens (including phenoxy) is 2. The average molecular weight is 596 g/mol. The summed E-state index contributed by atoms with van der Waals surface area (Å²) in [7, 11) is -1.36. The number of sulfonamides is 1. The Morgan fingerprint density at radius 3 is 2.17 bits per heavy atom. The van der Waals surface area contributed by atoms with E-state index in [2.05, 4.69) is 5.32 Å². The van der Waals surface area contributed by atoms with Gasteiger partial charge < -0.3 is 19.7 Å². The van der Waals surface area contributed by atoms with Crippen LogP contribution in [0.5, 0.6) is 11.5 Å². The highest BCUT2D eigenvalue weighted by molar-refractivity contribution is 7.92. The number of carbonyl (C=O) groups excluding carboxylic acids is 2. The Hall–Kier alpha value is -4.05. The minimum absolute atomic E-state index is 0.0127. The summed E-state index contributed by atoms with van der Waals surface area (Å²) >= 11 is 0. The second kappa shape index (κ2) is 14.2. The molecule has 0 aliphatic heterocycles. The molecule has 0 aliphatic carbocycles. The van der Waals surface area contributed by atoms with Gasteiger partial charge >= 0.3 is 0 Å². The number of hydrogen-bond acceptors (Lipinski definition) is 6. The molecule has 3 aromatic carbocycles. The van der Waals surface area contributed by atoms with Crippen LogP contribution in [-0.4, -0.2) is 58.5 Å². The topological polar surface area (TPSA) is 105 Å². The first-order valence-corrected chi connectivity index (χ1v) is 15.3. The number of aryl methyl sites for hydroxylation is 2. The average Bonchev–Trinajstić information content (AvgIpc) is 2.96. The summed E-state index contributed by atoms with van der Waals surface area (Å²) < 4.78 is 40.2. The third-order valence-electron chi connectivity index (χ3n) is 6.83. The lowest BCUT2D eigenvalue weighted by molar-refractivity contribution is -0.139. The SMILES string of the molecule is COc1ccc(OC)c(N(CC(=O)N(Cc2cccc(C)c2)[C@H](C)C(=O)NCC(C)C)S(=O)(=O)c2ccc(C)cc2)c1. The van der Waals surface area contributed by atoms with Crippen molar-refractivity contribution in [1.82, 2.24) is 10.2 Å². The first-order valence-electron chi connectivity index (χ1n) is 13.8. The molecule has 226 valence electrons. The molecule has 0 aromatic heterocycles. The van der Waals surface area contributed by atoms with Crippen LogP contribution < -0.4 is 19.1 Å². The third kappa shape index (κ3) is 8.03. The molecule has 3 aromatic rings. The van der Waals surface area contributed by atoms with Crippen LogP contribution in [0.1, 0.15) is 37.5 Å². The quantitative estimate of drug-likeness (QED) is 0.307.